The number of carbonyl (C=O) groups excluding carboxylic acids is 1. The molecule has 0 saturated carbocycles. The van der Waals surface area contributed by atoms with Gasteiger partial charge < -0.3 is 19.9 Å². The van der Waals surface area contributed by atoms with Gasteiger partial charge in [0.25, 0.3) is 0 Å². The van der Waals surface area contributed by atoms with Crippen molar-refractivity contribution in [1.29, 1.82) is 0 Å². The van der Waals surface area contributed by atoms with Gasteiger partial charge in [0.05, 0.1) is 12.6 Å². The molecule has 2 aliphatic rings. The molecule has 6 nitrogen and oxygen atoms in total. The first-order valence-electron chi connectivity index (χ1n) is 9.01. The summed E-state index contributed by atoms with van der Waals surface area (Å²) in [5.41, 5.74) is 0. The maximum absolute atomic E-state index is 11.9. The zero-order chi connectivity index (χ0) is 17.6. The largest absolute Gasteiger partial charge is 0.378 e. The summed E-state index contributed by atoms with van der Waals surface area (Å²) in [4.78, 5) is 21.7. The summed E-state index contributed by atoms with van der Waals surface area (Å²) in [5.74, 6) is 1.43. The first kappa shape index (κ1) is 18.2. The Kier molecular flexibility index (Phi) is 6.31. The highest BCUT2D eigenvalue weighted by molar-refractivity contribution is 7.09. The van der Waals surface area contributed by atoms with Crippen LogP contribution in [0.4, 0.5) is 0 Å². The number of likely N-dealkylation sites (tertiary alicyclic amines) is 1. The van der Waals surface area contributed by atoms with Crippen LogP contribution >= 0.6 is 11.3 Å². The number of aliphatic imine (C=N–C) groups is 1. The molecule has 7 heteroatoms. The van der Waals surface area contributed by atoms with Crippen LogP contribution in [0.2, 0.25) is 0 Å². The van der Waals surface area contributed by atoms with E-state index in [1.807, 2.05) is 0 Å². The van der Waals surface area contributed by atoms with Crippen LogP contribution in [0.25, 0.3) is 0 Å². The number of carbonyl (C=O) groups is 1. The SMILES string of the molecule is CN(C)C(=O)CN=C(NCc1cccs1)N1CCC2OCCCC2C1. The fourth-order valence-corrected chi connectivity index (χ4v) is 4.06. The van der Waals surface area contributed by atoms with Gasteiger partial charge in [-0.3, -0.25) is 4.79 Å². The summed E-state index contributed by atoms with van der Waals surface area (Å²) in [7, 11) is 3.53. The maximum atomic E-state index is 11.9. The number of fused-ring (bicyclic) bond motifs is 1. The van der Waals surface area contributed by atoms with E-state index >= 15 is 0 Å². The van der Waals surface area contributed by atoms with E-state index < -0.39 is 0 Å². The number of ether oxygens (including phenoxy) is 1. The van der Waals surface area contributed by atoms with Crippen molar-refractivity contribution in [3.8, 4) is 0 Å². The Hall–Kier alpha value is -1.60. The Bertz CT molecular complexity index is 588. The van der Waals surface area contributed by atoms with Crippen molar-refractivity contribution in [2.24, 2.45) is 10.9 Å². The second kappa shape index (κ2) is 8.67. The molecule has 1 N–H and O–H groups in total. The normalized spacial score (nSPS) is 23.9. The zero-order valence-electron chi connectivity index (χ0n) is 15.1. The highest BCUT2D eigenvalue weighted by Gasteiger charge is 2.33. The van der Waals surface area contributed by atoms with Gasteiger partial charge >= 0.3 is 0 Å². The molecule has 3 rings (SSSR count). The monoisotopic (exact) mass is 364 g/mol. The third-order valence-electron chi connectivity index (χ3n) is 4.88. The fourth-order valence-electron chi connectivity index (χ4n) is 3.41. The molecule has 0 aliphatic carbocycles. The molecule has 2 fully saturated rings. The van der Waals surface area contributed by atoms with E-state index in [1.54, 1.807) is 30.3 Å². The van der Waals surface area contributed by atoms with Crippen LogP contribution in [0, 0.1) is 5.92 Å². The number of nitrogens with one attached hydrogen (secondary N) is 1. The lowest BCUT2D eigenvalue weighted by atomic mass is 9.88. The van der Waals surface area contributed by atoms with Gasteiger partial charge in [0, 0.05) is 44.6 Å². The van der Waals surface area contributed by atoms with Crippen LogP contribution in [0.1, 0.15) is 24.1 Å². The van der Waals surface area contributed by atoms with Crippen LogP contribution in [0.5, 0.6) is 0 Å². The van der Waals surface area contributed by atoms with Crippen molar-refractivity contribution >= 4 is 23.2 Å². The predicted molar refractivity (Wildman–Crippen MR) is 101 cm³/mol. The van der Waals surface area contributed by atoms with Gasteiger partial charge in [0.15, 0.2) is 5.96 Å². The standard InChI is InChI=1S/C18H28N4O2S/c1-21(2)17(23)12-20-18(19-11-15-6-4-10-25-15)22-8-7-16-14(13-22)5-3-9-24-16/h4,6,10,14,16H,3,5,7-9,11-13H2,1-2H3,(H,19,20). The summed E-state index contributed by atoms with van der Waals surface area (Å²) in [6, 6.07) is 4.17. The second-order valence-corrected chi connectivity index (χ2v) is 7.94. The number of thiophene rings is 1. The van der Waals surface area contributed by atoms with Gasteiger partial charge in [-0.25, -0.2) is 4.99 Å². The molecule has 2 atom stereocenters. The number of rotatable bonds is 4. The summed E-state index contributed by atoms with van der Waals surface area (Å²) < 4.78 is 5.91. The summed E-state index contributed by atoms with van der Waals surface area (Å²) >= 11 is 1.73. The molecule has 2 saturated heterocycles. The van der Waals surface area contributed by atoms with E-state index in [-0.39, 0.29) is 12.5 Å². The molecule has 138 valence electrons. The Balaban J connectivity index is 1.66. The Morgan fingerprint density at radius 2 is 2.36 bits per heavy atom. The minimum atomic E-state index is 0.0197. The van der Waals surface area contributed by atoms with E-state index in [1.165, 1.54) is 11.3 Å². The van der Waals surface area contributed by atoms with Crippen LogP contribution in [0.15, 0.2) is 22.5 Å². The number of guanidine groups is 1. The first-order chi connectivity index (χ1) is 12.1. The van der Waals surface area contributed by atoms with E-state index in [0.717, 1.165) is 45.0 Å². The molecule has 0 radical (unpaired) electrons. The lowest BCUT2D eigenvalue weighted by Gasteiger charge is -2.42. The molecular weight excluding hydrogens is 336 g/mol. The third kappa shape index (κ3) is 4.95. The molecule has 1 amide bonds. The van der Waals surface area contributed by atoms with Crippen molar-refractivity contribution < 1.29 is 9.53 Å². The second-order valence-electron chi connectivity index (χ2n) is 6.91. The van der Waals surface area contributed by atoms with Crippen molar-refractivity contribution in [2.75, 3.05) is 40.3 Å². The van der Waals surface area contributed by atoms with Gasteiger partial charge in [-0.05, 0) is 30.7 Å². The lowest BCUT2D eigenvalue weighted by molar-refractivity contribution is -0.127. The molecule has 0 bridgehead atoms. The van der Waals surface area contributed by atoms with Gasteiger partial charge in [0.1, 0.15) is 6.54 Å². The number of likely N-dealkylation sites (N-methyl/N-ethyl adjacent to an activating group) is 1. The minimum Gasteiger partial charge on any atom is -0.378 e. The summed E-state index contributed by atoms with van der Waals surface area (Å²) in [5, 5.41) is 5.53. The van der Waals surface area contributed by atoms with Crippen LogP contribution in [0.3, 0.4) is 0 Å². The van der Waals surface area contributed by atoms with Crippen molar-refractivity contribution in [3.63, 3.8) is 0 Å². The van der Waals surface area contributed by atoms with Crippen LogP contribution in [-0.2, 0) is 16.1 Å². The van der Waals surface area contributed by atoms with Crippen molar-refractivity contribution in [2.45, 2.75) is 31.9 Å². The van der Waals surface area contributed by atoms with E-state index in [2.05, 4.69) is 32.7 Å². The van der Waals surface area contributed by atoms with Crippen molar-refractivity contribution in [3.05, 3.63) is 22.4 Å². The van der Waals surface area contributed by atoms with Crippen LogP contribution in [-0.4, -0.2) is 68.1 Å². The number of nitrogens with zero attached hydrogens (tertiary/aromatic N) is 3. The highest BCUT2D eigenvalue weighted by atomic mass is 32.1. The summed E-state index contributed by atoms with van der Waals surface area (Å²) in [6.45, 7) is 3.70. The first-order valence-corrected chi connectivity index (χ1v) is 9.89. The average molecular weight is 365 g/mol. The quantitative estimate of drug-likeness (QED) is 0.654. The molecule has 25 heavy (non-hydrogen) atoms. The molecule has 1 aromatic heterocycles. The Morgan fingerprint density at radius 1 is 1.48 bits per heavy atom. The fraction of sp³-hybridized carbons (Fsp3) is 0.667. The number of hydrogen-bond donors (Lipinski definition) is 1. The van der Waals surface area contributed by atoms with E-state index in [4.69, 9.17) is 4.74 Å². The molecule has 3 heterocycles. The number of hydrogen-bond acceptors (Lipinski definition) is 4. The van der Waals surface area contributed by atoms with Crippen molar-refractivity contribution in [1.82, 2.24) is 15.1 Å². The predicted octanol–water partition coefficient (Wildman–Crippen LogP) is 1.78. The van der Waals surface area contributed by atoms with E-state index in [0.29, 0.717) is 12.0 Å². The molecular formula is C18H28N4O2S. The molecule has 1 aromatic rings. The lowest BCUT2D eigenvalue weighted by Crippen LogP contribution is -2.52. The zero-order valence-corrected chi connectivity index (χ0v) is 15.9. The molecule has 0 spiro atoms. The number of amides is 1. The molecule has 2 unspecified atom stereocenters. The van der Waals surface area contributed by atoms with Gasteiger partial charge in [-0.15, -0.1) is 11.3 Å². The Labute approximate surface area is 153 Å². The molecule has 2 aliphatic heterocycles. The topological polar surface area (TPSA) is 57.2 Å². The smallest absolute Gasteiger partial charge is 0.243 e. The van der Waals surface area contributed by atoms with Gasteiger partial charge in [-0.1, -0.05) is 6.07 Å². The number of piperidine rings is 1. The highest BCUT2D eigenvalue weighted by Crippen LogP contribution is 2.28. The van der Waals surface area contributed by atoms with E-state index in [9.17, 15) is 4.79 Å². The molecule has 0 aromatic carbocycles. The Morgan fingerprint density at radius 3 is 3.12 bits per heavy atom. The van der Waals surface area contributed by atoms with Gasteiger partial charge in [0.2, 0.25) is 5.91 Å². The van der Waals surface area contributed by atoms with Crippen LogP contribution < -0.4 is 5.32 Å². The summed E-state index contributed by atoms with van der Waals surface area (Å²) in [6.07, 6.45) is 3.79. The average Bonchev–Trinajstić information content (AvgIpc) is 3.14. The van der Waals surface area contributed by atoms with Gasteiger partial charge in [-0.2, -0.15) is 0 Å². The maximum Gasteiger partial charge on any atom is 0.243 e. The minimum absolute atomic E-state index is 0.0197. The third-order valence-corrected chi connectivity index (χ3v) is 5.76.